The minimum atomic E-state index is -0.118. The first-order valence-corrected chi connectivity index (χ1v) is 13.9. The van der Waals surface area contributed by atoms with Crippen LogP contribution in [-0.4, -0.2) is 35.0 Å². The molecule has 0 aliphatic carbocycles. The number of ether oxygens (including phenoxy) is 2. The molecule has 1 aliphatic rings. The van der Waals surface area contributed by atoms with Crippen molar-refractivity contribution < 1.29 is 19.1 Å². The number of fused-ring (bicyclic) bond motifs is 2. The quantitative estimate of drug-likeness (QED) is 0.268. The topological polar surface area (TPSA) is 93.7 Å². The van der Waals surface area contributed by atoms with Crippen molar-refractivity contribution in [1.29, 1.82) is 0 Å². The molecule has 200 valence electrons. The van der Waals surface area contributed by atoms with Gasteiger partial charge in [0.2, 0.25) is 5.91 Å². The number of carbonyl (C=O) groups excluding carboxylic acids is 2. The molecule has 8 nitrogen and oxygen atoms in total. The highest BCUT2D eigenvalue weighted by molar-refractivity contribution is 7.97. The zero-order valence-corrected chi connectivity index (χ0v) is 23.0. The Hall–Kier alpha value is -4.11. The number of pyridine rings is 2. The Kier molecular flexibility index (Phi) is 7.97. The van der Waals surface area contributed by atoms with Crippen molar-refractivity contribution in [2.45, 2.75) is 39.5 Å². The molecule has 9 heteroatoms. The molecule has 0 saturated heterocycles. The molecular formula is C30H30N4O4S. The van der Waals surface area contributed by atoms with Gasteiger partial charge in [0.25, 0.3) is 5.91 Å². The third-order valence-electron chi connectivity index (χ3n) is 6.47. The lowest BCUT2D eigenvalue weighted by molar-refractivity contribution is -0.118. The van der Waals surface area contributed by atoms with Gasteiger partial charge in [0.15, 0.2) is 5.75 Å². The molecule has 0 bridgehead atoms. The summed E-state index contributed by atoms with van der Waals surface area (Å²) >= 11 is 1.34. The number of aromatic nitrogens is 2. The molecule has 0 fully saturated rings. The van der Waals surface area contributed by atoms with Crippen LogP contribution in [0.4, 0.5) is 5.69 Å². The molecule has 2 aromatic heterocycles. The van der Waals surface area contributed by atoms with Gasteiger partial charge in [0.1, 0.15) is 11.3 Å². The first-order valence-electron chi connectivity index (χ1n) is 12.9. The Morgan fingerprint density at radius 3 is 2.56 bits per heavy atom. The Balaban J connectivity index is 1.35. The maximum absolute atomic E-state index is 13.8. The van der Waals surface area contributed by atoms with Crippen molar-refractivity contribution in [3.8, 4) is 11.5 Å². The highest BCUT2D eigenvalue weighted by atomic mass is 32.2. The summed E-state index contributed by atoms with van der Waals surface area (Å²) in [6.45, 7) is 7.09. The fourth-order valence-corrected chi connectivity index (χ4v) is 5.49. The minimum absolute atomic E-state index is 0.0930. The van der Waals surface area contributed by atoms with Crippen LogP contribution < -0.4 is 19.1 Å². The lowest BCUT2D eigenvalue weighted by Crippen LogP contribution is -2.24. The van der Waals surface area contributed by atoms with Crippen molar-refractivity contribution in [3.63, 3.8) is 0 Å². The summed E-state index contributed by atoms with van der Waals surface area (Å²) < 4.78 is 14.9. The molecule has 0 saturated carbocycles. The lowest BCUT2D eigenvalue weighted by Gasteiger charge is -2.19. The van der Waals surface area contributed by atoms with Crippen LogP contribution in [0.5, 0.6) is 11.5 Å². The standard InChI is InChI=1S/C30H30N4O4S/c1-4-37-28-22-10-8-14-32-27(22)29(38-5-2)23-17-34(30(36)26(23)28)24-12-11-20(15-19(24)3)18-39-33-25(35)16-21-9-6-7-13-31-21/h6-15H,4-5,16-18H2,1-3H3,(H,33,35). The maximum Gasteiger partial charge on any atom is 0.262 e. The summed E-state index contributed by atoms with van der Waals surface area (Å²) in [6, 6.07) is 15.3. The summed E-state index contributed by atoms with van der Waals surface area (Å²) in [6.07, 6.45) is 3.64. The van der Waals surface area contributed by atoms with Crippen molar-refractivity contribution in [2.24, 2.45) is 0 Å². The van der Waals surface area contributed by atoms with E-state index in [1.807, 2.05) is 63.2 Å². The molecule has 4 aromatic rings. The van der Waals surface area contributed by atoms with Gasteiger partial charge in [-0.1, -0.05) is 18.2 Å². The second-order valence-corrected chi connectivity index (χ2v) is 9.88. The van der Waals surface area contributed by atoms with Crippen LogP contribution in [0.2, 0.25) is 0 Å². The van der Waals surface area contributed by atoms with Crippen molar-refractivity contribution in [2.75, 3.05) is 18.1 Å². The van der Waals surface area contributed by atoms with E-state index in [9.17, 15) is 9.59 Å². The number of aryl methyl sites for hydroxylation is 1. The van der Waals surface area contributed by atoms with Gasteiger partial charge in [-0.2, -0.15) is 0 Å². The number of nitrogens with one attached hydrogen (secondary N) is 1. The summed E-state index contributed by atoms with van der Waals surface area (Å²) in [5.41, 5.74) is 5.60. The Labute approximate surface area is 231 Å². The number of rotatable bonds is 10. The van der Waals surface area contributed by atoms with Crippen molar-refractivity contribution in [1.82, 2.24) is 14.7 Å². The van der Waals surface area contributed by atoms with Gasteiger partial charge in [-0.25, -0.2) is 0 Å². The molecule has 2 amide bonds. The van der Waals surface area contributed by atoms with Crippen LogP contribution in [0.1, 0.15) is 46.6 Å². The van der Waals surface area contributed by atoms with E-state index in [0.29, 0.717) is 48.1 Å². The fraction of sp³-hybridized carbons (Fsp3) is 0.267. The number of amides is 2. The highest BCUT2D eigenvalue weighted by Crippen LogP contribution is 2.45. The minimum Gasteiger partial charge on any atom is -0.492 e. The van der Waals surface area contributed by atoms with E-state index in [2.05, 4.69) is 20.8 Å². The van der Waals surface area contributed by atoms with E-state index >= 15 is 0 Å². The van der Waals surface area contributed by atoms with Crippen LogP contribution in [0.25, 0.3) is 10.9 Å². The SMILES string of the molecule is CCOc1c2c(c(OCC)c3ncccc13)CN(c1ccc(CSNC(=O)Cc3ccccn3)cc1C)C2=O. The summed E-state index contributed by atoms with van der Waals surface area (Å²) in [4.78, 5) is 36.6. The van der Waals surface area contributed by atoms with Gasteiger partial charge >= 0.3 is 0 Å². The van der Waals surface area contributed by atoms with Crippen LogP contribution in [0.3, 0.4) is 0 Å². The Morgan fingerprint density at radius 1 is 1.03 bits per heavy atom. The van der Waals surface area contributed by atoms with Crippen LogP contribution in [0, 0.1) is 6.92 Å². The average Bonchev–Trinajstić information content (AvgIpc) is 3.27. The third kappa shape index (κ3) is 5.40. The molecule has 5 rings (SSSR count). The number of carbonyl (C=O) groups is 2. The molecule has 1 aliphatic heterocycles. The number of nitrogens with zero attached hydrogens (tertiary/aromatic N) is 3. The predicted octanol–water partition coefficient (Wildman–Crippen LogP) is 5.40. The summed E-state index contributed by atoms with van der Waals surface area (Å²) in [7, 11) is 0. The largest absolute Gasteiger partial charge is 0.492 e. The lowest BCUT2D eigenvalue weighted by atomic mass is 10.0. The zero-order chi connectivity index (χ0) is 27.4. The van der Waals surface area contributed by atoms with Gasteiger partial charge in [-0.05, 0) is 74.2 Å². The van der Waals surface area contributed by atoms with Crippen molar-refractivity contribution in [3.05, 3.63) is 88.9 Å². The van der Waals surface area contributed by atoms with E-state index in [1.165, 1.54) is 11.9 Å². The molecule has 0 radical (unpaired) electrons. The van der Waals surface area contributed by atoms with Gasteiger partial charge in [-0.15, -0.1) is 0 Å². The van der Waals surface area contributed by atoms with Gasteiger partial charge in [-0.3, -0.25) is 24.3 Å². The zero-order valence-electron chi connectivity index (χ0n) is 22.2. The molecule has 0 spiro atoms. The van der Waals surface area contributed by atoms with Crippen molar-refractivity contribution >= 4 is 40.4 Å². The molecule has 39 heavy (non-hydrogen) atoms. The number of hydrogen-bond acceptors (Lipinski definition) is 7. The van der Waals surface area contributed by atoms with E-state index < -0.39 is 0 Å². The van der Waals surface area contributed by atoms with Crippen LogP contribution >= 0.6 is 11.9 Å². The maximum atomic E-state index is 13.8. The van der Waals surface area contributed by atoms with E-state index in [-0.39, 0.29) is 18.2 Å². The average molecular weight is 543 g/mol. The second-order valence-electron chi connectivity index (χ2n) is 9.10. The number of benzene rings is 2. The molecule has 0 unspecified atom stereocenters. The molecule has 3 heterocycles. The highest BCUT2D eigenvalue weighted by Gasteiger charge is 2.37. The van der Waals surface area contributed by atoms with Gasteiger partial charge in [0.05, 0.1) is 31.7 Å². The van der Waals surface area contributed by atoms with E-state index in [0.717, 1.165) is 33.5 Å². The second kappa shape index (κ2) is 11.7. The molecular weight excluding hydrogens is 512 g/mol. The van der Waals surface area contributed by atoms with E-state index in [1.54, 1.807) is 17.3 Å². The Morgan fingerprint density at radius 2 is 1.82 bits per heavy atom. The number of anilines is 1. The van der Waals surface area contributed by atoms with Crippen LogP contribution in [0.15, 0.2) is 60.9 Å². The third-order valence-corrected chi connectivity index (χ3v) is 7.32. The monoisotopic (exact) mass is 542 g/mol. The first-order chi connectivity index (χ1) is 19.0. The van der Waals surface area contributed by atoms with Crippen LogP contribution in [-0.2, 0) is 23.5 Å². The smallest absolute Gasteiger partial charge is 0.262 e. The first kappa shape index (κ1) is 26.5. The van der Waals surface area contributed by atoms with Gasteiger partial charge in [0, 0.05) is 40.5 Å². The molecule has 2 aromatic carbocycles. The molecule has 0 atom stereocenters. The summed E-state index contributed by atoms with van der Waals surface area (Å²) in [5.74, 6) is 1.58. The summed E-state index contributed by atoms with van der Waals surface area (Å²) in [5, 5.41) is 0.769. The molecule has 1 N–H and O–H groups in total. The normalized spacial score (nSPS) is 12.5. The predicted molar refractivity (Wildman–Crippen MR) is 153 cm³/mol. The van der Waals surface area contributed by atoms with Gasteiger partial charge < -0.3 is 14.4 Å². The number of hydrogen-bond donors (Lipinski definition) is 1. The van der Waals surface area contributed by atoms with E-state index in [4.69, 9.17) is 9.47 Å². The Bertz CT molecular complexity index is 1530. The fourth-order valence-electron chi connectivity index (χ4n) is 4.84.